The molecule has 0 saturated heterocycles. The summed E-state index contributed by atoms with van der Waals surface area (Å²) < 4.78 is 4.17. The number of nitrogens with zero attached hydrogens (tertiary/aromatic N) is 4. The lowest BCUT2D eigenvalue weighted by Gasteiger charge is -2.08. The summed E-state index contributed by atoms with van der Waals surface area (Å²) in [5.41, 5.74) is 2.14. The molecule has 9 heteroatoms. The van der Waals surface area contributed by atoms with E-state index in [-0.39, 0.29) is 11.4 Å². The molecule has 28 heavy (non-hydrogen) atoms. The summed E-state index contributed by atoms with van der Waals surface area (Å²) in [5, 5.41) is 3.52. The second-order valence-electron chi connectivity index (χ2n) is 6.63. The Bertz CT molecular complexity index is 1160. The molecule has 2 heterocycles. The van der Waals surface area contributed by atoms with Crippen molar-refractivity contribution in [2.75, 3.05) is 5.75 Å². The van der Waals surface area contributed by atoms with Crippen molar-refractivity contribution in [3.63, 3.8) is 0 Å². The highest BCUT2D eigenvalue weighted by atomic mass is 32.2. The number of imidazole rings is 1. The Morgan fingerprint density at radius 2 is 1.82 bits per heavy atom. The maximum absolute atomic E-state index is 12.3. The number of aromatic nitrogens is 4. The van der Waals surface area contributed by atoms with Gasteiger partial charge >= 0.3 is 5.69 Å². The standard InChI is InChI=1S/C19H23N5O3S/c1-12-7-5-6-8-13(12)11-20-14(25)9-10-28-18-21-15-16(22(18)2)23(3)19(27)24(4)17(15)26/h5-8H,9-11H2,1-4H3,(H,20,25). The second kappa shape index (κ2) is 8.05. The molecule has 0 atom stereocenters. The van der Waals surface area contributed by atoms with Crippen molar-refractivity contribution < 1.29 is 4.79 Å². The molecule has 148 valence electrons. The normalized spacial score (nSPS) is 11.1. The molecule has 0 radical (unpaired) electrons. The molecule has 0 fully saturated rings. The van der Waals surface area contributed by atoms with Crippen LogP contribution < -0.4 is 16.6 Å². The fraction of sp³-hybridized carbons (Fsp3) is 0.368. The van der Waals surface area contributed by atoms with E-state index in [4.69, 9.17) is 0 Å². The molecular formula is C19H23N5O3S. The molecule has 0 unspecified atom stereocenters. The molecule has 0 spiro atoms. The SMILES string of the molecule is Cc1ccccc1CNC(=O)CCSc1nc2c(=O)n(C)c(=O)n(C)c2n1C. The summed E-state index contributed by atoms with van der Waals surface area (Å²) in [6.07, 6.45) is 0.330. The van der Waals surface area contributed by atoms with Crippen LogP contribution in [0.1, 0.15) is 17.5 Å². The minimum atomic E-state index is -0.420. The van der Waals surface area contributed by atoms with Gasteiger partial charge in [0.1, 0.15) is 0 Å². The third-order valence-corrected chi connectivity index (χ3v) is 5.75. The second-order valence-corrected chi connectivity index (χ2v) is 7.70. The monoisotopic (exact) mass is 401 g/mol. The zero-order valence-electron chi connectivity index (χ0n) is 16.4. The number of carbonyl (C=O) groups is 1. The molecule has 0 saturated carbocycles. The Morgan fingerprint density at radius 1 is 1.11 bits per heavy atom. The van der Waals surface area contributed by atoms with Gasteiger partial charge in [-0.05, 0) is 18.1 Å². The lowest BCUT2D eigenvalue weighted by Crippen LogP contribution is -2.37. The molecule has 0 aliphatic rings. The third-order valence-electron chi connectivity index (χ3n) is 4.72. The van der Waals surface area contributed by atoms with Crippen LogP contribution in [0.3, 0.4) is 0 Å². The smallest absolute Gasteiger partial charge is 0.332 e. The van der Waals surface area contributed by atoms with Gasteiger partial charge in [-0.1, -0.05) is 36.0 Å². The van der Waals surface area contributed by atoms with E-state index in [1.807, 2.05) is 31.2 Å². The molecule has 0 bridgehead atoms. The van der Waals surface area contributed by atoms with Gasteiger partial charge in [-0.15, -0.1) is 0 Å². The Kier molecular flexibility index (Phi) is 5.73. The van der Waals surface area contributed by atoms with E-state index < -0.39 is 11.2 Å². The highest BCUT2D eigenvalue weighted by Crippen LogP contribution is 2.20. The summed E-state index contributed by atoms with van der Waals surface area (Å²) in [6.45, 7) is 2.52. The highest BCUT2D eigenvalue weighted by molar-refractivity contribution is 7.99. The van der Waals surface area contributed by atoms with Crippen molar-refractivity contribution in [3.8, 4) is 0 Å². The van der Waals surface area contributed by atoms with Gasteiger partial charge in [0, 0.05) is 39.9 Å². The maximum atomic E-state index is 12.3. The lowest BCUT2D eigenvalue weighted by atomic mass is 10.1. The molecule has 0 aliphatic carbocycles. The Balaban J connectivity index is 1.65. The number of hydrogen-bond donors (Lipinski definition) is 1. The van der Waals surface area contributed by atoms with E-state index in [0.29, 0.717) is 29.5 Å². The largest absolute Gasteiger partial charge is 0.352 e. The lowest BCUT2D eigenvalue weighted by molar-refractivity contribution is -0.120. The van der Waals surface area contributed by atoms with Crippen LogP contribution in [-0.2, 0) is 32.5 Å². The molecule has 1 aromatic carbocycles. The first kappa shape index (κ1) is 19.9. The van der Waals surface area contributed by atoms with Crippen molar-refractivity contribution in [1.82, 2.24) is 24.0 Å². The van der Waals surface area contributed by atoms with Crippen LogP contribution in [0.4, 0.5) is 0 Å². The number of benzene rings is 1. The van der Waals surface area contributed by atoms with Gasteiger partial charge in [0.05, 0.1) is 0 Å². The quantitative estimate of drug-likeness (QED) is 0.624. The van der Waals surface area contributed by atoms with Crippen LogP contribution in [0.2, 0.25) is 0 Å². The van der Waals surface area contributed by atoms with Gasteiger partial charge in [0.25, 0.3) is 5.56 Å². The summed E-state index contributed by atoms with van der Waals surface area (Å²) in [7, 11) is 4.80. The van der Waals surface area contributed by atoms with Crippen molar-refractivity contribution >= 4 is 28.8 Å². The number of amides is 1. The number of carbonyl (C=O) groups excluding carboxylic acids is 1. The zero-order valence-corrected chi connectivity index (χ0v) is 17.2. The summed E-state index contributed by atoms with van der Waals surface area (Å²) in [4.78, 5) is 40.9. The molecule has 3 rings (SSSR count). The van der Waals surface area contributed by atoms with Gasteiger partial charge in [0.15, 0.2) is 16.3 Å². The van der Waals surface area contributed by atoms with Gasteiger partial charge in [-0.2, -0.15) is 0 Å². The third kappa shape index (κ3) is 3.75. The Hall–Kier alpha value is -2.81. The van der Waals surface area contributed by atoms with Crippen LogP contribution in [0, 0.1) is 6.92 Å². The summed E-state index contributed by atoms with van der Waals surface area (Å²) >= 11 is 1.38. The Morgan fingerprint density at radius 3 is 2.54 bits per heavy atom. The van der Waals surface area contributed by atoms with Crippen LogP contribution in [0.5, 0.6) is 0 Å². The number of hydrogen-bond acceptors (Lipinski definition) is 5. The number of aryl methyl sites for hydroxylation is 3. The minimum absolute atomic E-state index is 0.0437. The number of nitrogens with one attached hydrogen (secondary N) is 1. The summed E-state index contributed by atoms with van der Waals surface area (Å²) in [6, 6.07) is 7.93. The fourth-order valence-corrected chi connectivity index (χ4v) is 3.92. The first-order valence-electron chi connectivity index (χ1n) is 8.87. The minimum Gasteiger partial charge on any atom is -0.352 e. The van der Waals surface area contributed by atoms with Crippen LogP contribution in [0.15, 0.2) is 39.0 Å². The summed E-state index contributed by atoms with van der Waals surface area (Å²) in [5.74, 6) is 0.475. The van der Waals surface area contributed by atoms with Gasteiger partial charge in [-0.3, -0.25) is 18.7 Å². The van der Waals surface area contributed by atoms with Crippen LogP contribution in [-0.4, -0.2) is 30.3 Å². The first-order chi connectivity index (χ1) is 13.3. The predicted molar refractivity (Wildman–Crippen MR) is 110 cm³/mol. The van der Waals surface area contributed by atoms with E-state index in [0.717, 1.165) is 15.7 Å². The number of fused-ring (bicyclic) bond motifs is 1. The van der Waals surface area contributed by atoms with E-state index in [1.165, 1.54) is 23.4 Å². The Labute approximate surface area is 166 Å². The average molecular weight is 401 g/mol. The molecule has 1 N–H and O–H groups in total. The molecule has 3 aromatic rings. The average Bonchev–Trinajstić information content (AvgIpc) is 3.00. The van der Waals surface area contributed by atoms with Crippen molar-refractivity contribution in [3.05, 3.63) is 56.2 Å². The zero-order chi connectivity index (χ0) is 20.4. The van der Waals surface area contributed by atoms with Crippen molar-refractivity contribution in [2.45, 2.75) is 25.0 Å². The first-order valence-corrected chi connectivity index (χ1v) is 9.86. The van der Waals surface area contributed by atoms with E-state index in [9.17, 15) is 14.4 Å². The molecular weight excluding hydrogens is 378 g/mol. The van der Waals surface area contributed by atoms with Crippen molar-refractivity contribution in [1.29, 1.82) is 0 Å². The molecule has 1 amide bonds. The molecule has 2 aromatic heterocycles. The van der Waals surface area contributed by atoms with E-state index >= 15 is 0 Å². The van der Waals surface area contributed by atoms with Gasteiger partial charge < -0.3 is 9.88 Å². The molecule has 8 nitrogen and oxygen atoms in total. The van der Waals surface area contributed by atoms with E-state index in [1.54, 1.807) is 18.7 Å². The predicted octanol–water partition coefficient (Wildman–Crippen LogP) is 1.08. The van der Waals surface area contributed by atoms with Crippen LogP contribution >= 0.6 is 11.8 Å². The number of thioether (sulfide) groups is 1. The van der Waals surface area contributed by atoms with Crippen LogP contribution in [0.25, 0.3) is 11.2 Å². The maximum Gasteiger partial charge on any atom is 0.332 e. The number of rotatable bonds is 6. The highest BCUT2D eigenvalue weighted by Gasteiger charge is 2.17. The van der Waals surface area contributed by atoms with Crippen molar-refractivity contribution in [2.24, 2.45) is 21.1 Å². The topological polar surface area (TPSA) is 90.9 Å². The van der Waals surface area contributed by atoms with Gasteiger partial charge in [-0.25, -0.2) is 9.78 Å². The molecule has 0 aliphatic heterocycles. The van der Waals surface area contributed by atoms with E-state index in [2.05, 4.69) is 10.3 Å². The van der Waals surface area contributed by atoms with Gasteiger partial charge in [0.2, 0.25) is 5.91 Å². The fourth-order valence-electron chi connectivity index (χ4n) is 3.01.